The molecule has 28 heavy (non-hydrogen) atoms. The fraction of sp³-hybridized carbons (Fsp3) is 0.368. The quantitative estimate of drug-likeness (QED) is 0.512. The lowest BCUT2D eigenvalue weighted by molar-refractivity contribution is 0.0953. The third-order valence-corrected chi connectivity index (χ3v) is 6.68. The van der Waals surface area contributed by atoms with Crippen molar-refractivity contribution in [3.63, 3.8) is 0 Å². The average Bonchev–Trinajstić information content (AvgIpc) is 3.50. The molecule has 1 aliphatic rings. The van der Waals surface area contributed by atoms with Gasteiger partial charge in [0.15, 0.2) is 15.3 Å². The Balaban J connectivity index is 1.55. The normalized spacial score (nSPS) is 17.0. The first kappa shape index (κ1) is 17.8. The molecule has 4 aromatic rings. The molecule has 3 aromatic heterocycles. The van der Waals surface area contributed by atoms with Crippen molar-refractivity contribution in [2.45, 2.75) is 48.3 Å². The summed E-state index contributed by atoms with van der Waals surface area (Å²) in [5.41, 5.74) is 2.15. The van der Waals surface area contributed by atoms with E-state index in [9.17, 15) is 0 Å². The number of para-hydroxylation sites is 1. The molecule has 0 aliphatic carbocycles. The number of aromatic amines is 1. The largest absolute Gasteiger partial charge is 0.376 e. The summed E-state index contributed by atoms with van der Waals surface area (Å²) in [5, 5.41) is 11.0. The number of benzene rings is 1. The third kappa shape index (κ3) is 3.34. The summed E-state index contributed by atoms with van der Waals surface area (Å²) in [6, 6.07) is 8.26. The molecule has 4 heterocycles. The van der Waals surface area contributed by atoms with Crippen LogP contribution in [-0.2, 0) is 17.7 Å². The van der Waals surface area contributed by atoms with Crippen molar-refractivity contribution < 1.29 is 4.74 Å². The summed E-state index contributed by atoms with van der Waals surface area (Å²) in [4.78, 5) is 7.91. The molecule has 144 valence electrons. The Kier molecular flexibility index (Phi) is 4.87. The number of hydrogen-bond donors (Lipinski definition) is 1. The summed E-state index contributed by atoms with van der Waals surface area (Å²) in [6.45, 7) is 3.63. The maximum atomic E-state index is 5.89. The van der Waals surface area contributed by atoms with Gasteiger partial charge in [0, 0.05) is 35.7 Å². The van der Waals surface area contributed by atoms with Crippen LogP contribution in [0.25, 0.3) is 22.3 Å². The van der Waals surface area contributed by atoms with Crippen molar-refractivity contribution >= 4 is 34.2 Å². The van der Waals surface area contributed by atoms with Crippen LogP contribution in [0.5, 0.6) is 0 Å². The Bertz CT molecular complexity index is 1090. The number of nitrogens with one attached hydrogen (secondary N) is 1. The van der Waals surface area contributed by atoms with Crippen LogP contribution in [0.15, 0.2) is 40.0 Å². The fourth-order valence-corrected chi connectivity index (χ4v) is 5.12. The van der Waals surface area contributed by atoms with Gasteiger partial charge >= 0.3 is 0 Å². The zero-order chi connectivity index (χ0) is 18.9. The monoisotopic (exact) mass is 412 g/mol. The number of ether oxygens (including phenoxy) is 1. The van der Waals surface area contributed by atoms with E-state index in [1.807, 2.05) is 18.3 Å². The molecule has 1 saturated heterocycles. The van der Waals surface area contributed by atoms with Crippen molar-refractivity contribution in [1.82, 2.24) is 29.1 Å². The molecule has 1 unspecified atom stereocenters. The number of rotatable bonds is 6. The van der Waals surface area contributed by atoms with E-state index in [1.54, 1.807) is 0 Å². The molecule has 0 saturated carbocycles. The predicted molar refractivity (Wildman–Crippen MR) is 110 cm³/mol. The molecule has 1 fully saturated rings. The van der Waals surface area contributed by atoms with Crippen LogP contribution in [-0.4, -0.2) is 41.8 Å². The number of fused-ring (bicyclic) bond motifs is 1. The second-order valence-corrected chi connectivity index (χ2v) is 8.70. The van der Waals surface area contributed by atoms with E-state index in [1.165, 1.54) is 23.3 Å². The first-order valence-electron chi connectivity index (χ1n) is 9.43. The Morgan fingerprint density at radius 3 is 3.07 bits per heavy atom. The van der Waals surface area contributed by atoms with Gasteiger partial charge in [-0.05, 0) is 42.2 Å². The zero-order valence-electron chi connectivity index (χ0n) is 15.5. The SMILES string of the molecule is CCc1nsc(Sc2nnc(-c3c[nH]c4ccccc34)n2CC2CCCO2)n1. The second kappa shape index (κ2) is 7.65. The number of nitrogens with zero attached hydrogens (tertiary/aromatic N) is 5. The van der Waals surface area contributed by atoms with Gasteiger partial charge in [-0.1, -0.05) is 25.1 Å². The van der Waals surface area contributed by atoms with Gasteiger partial charge in [0.25, 0.3) is 0 Å². The fourth-order valence-electron chi connectivity index (χ4n) is 3.48. The van der Waals surface area contributed by atoms with Crippen molar-refractivity contribution in [2.24, 2.45) is 0 Å². The van der Waals surface area contributed by atoms with Crippen molar-refractivity contribution in [1.29, 1.82) is 0 Å². The molecule has 0 amide bonds. The molecular formula is C19H20N6OS2. The smallest absolute Gasteiger partial charge is 0.198 e. The zero-order valence-corrected chi connectivity index (χ0v) is 17.1. The summed E-state index contributed by atoms with van der Waals surface area (Å²) in [7, 11) is 0. The average molecular weight is 413 g/mol. The van der Waals surface area contributed by atoms with Crippen molar-refractivity contribution in [3.05, 3.63) is 36.3 Å². The Morgan fingerprint density at radius 2 is 2.25 bits per heavy atom. The summed E-state index contributed by atoms with van der Waals surface area (Å²) in [6.07, 6.45) is 5.21. The standard InChI is InChI=1S/C19H20N6OS2/c1-2-16-21-19(28-24-16)27-18-23-22-17(25(18)11-12-6-5-9-26-12)14-10-20-15-8-4-3-7-13(14)15/h3-4,7-8,10,12,20H,2,5-6,9,11H2,1H3. The van der Waals surface area contributed by atoms with E-state index in [2.05, 4.69) is 48.2 Å². The van der Waals surface area contributed by atoms with Gasteiger partial charge < -0.3 is 9.72 Å². The lowest BCUT2D eigenvalue weighted by Gasteiger charge is -2.14. The highest BCUT2D eigenvalue weighted by molar-refractivity contribution is 8.00. The molecule has 0 spiro atoms. The molecule has 1 atom stereocenters. The van der Waals surface area contributed by atoms with E-state index in [0.717, 1.165) is 70.0 Å². The van der Waals surface area contributed by atoms with E-state index in [-0.39, 0.29) is 6.10 Å². The van der Waals surface area contributed by atoms with Crippen LogP contribution < -0.4 is 0 Å². The van der Waals surface area contributed by atoms with E-state index in [0.29, 0.717) is 0 Å². The topological polar surface area (TPSA) is 81.5 Å². The first-order valence-corrected chi connectivity index (χ1v) is 11.0. The first-order chi connectivity index (χ1) is 13.8. The summed E-state index contributed by atoms with van der Waals surface area (Å²) >= 11 is 2.94. The van der Waals surface area contributed by atoms with Crippen LogP contribution in [0.2, 0.25) is 0 Å². The number of H-pyrrole nitrogens is 1. The van der Waals surface area contributed by atoms with E-state index in [4.69, 9.17) is 4.74 Å². The highest BCUT2D eigenvalue weighted by Gasteiger charge is 2.24. The van der Waals surface area contributed by atoms with E-state index >= 15 is 0 Å². The highest BCUT2D eigenvalue weighted by Crippen LogP contribution is 2.34. The highest BCUT2D eigenvalue weighted by atomic mass is 32.2. The summed E-state index contributed by atoms with van der Waals surface area (Å²) in [5.74, 6) is 1.73. The number of hydrogen-bond acceptors (Lipinski definition) is 7. The van der Waals surface area contributed by atoms with Crippen LogP contribution in [0.3, 0.4) is 0 Å². The molecule has 5 rings (SSSR count). The lowest BCUT2D eigenvalue weighted by atomic mass is 10.1. The van der Waals surface area contributed by atoms with Gasteiger partial charge in [0.1, 0.15) is 5.82 Å². The molecule has 9 heteroatoms. The molecule has 0 bridgehead atoms. The Labute approximate surface area is 170 Å². The van der Waals surface area contributed by atoms with Gasteiger partial charge in [0.05, 0.1) is 12.6 Å². The van der Waals surface area contributed by atoms with Gasteiger partial charge in [-0.2, -0.15) is 4.37 Å². The number of aromatic nitrogens is 6. The Hall–Kier alpha value is -2.23. The molecule has 1 aliphatic heterocycles. The summed E-state index contributed by atoms with van der Waals surface area (Å²) < 4.78 is 13.3. The van der Waals surface area contributed by atoms with E-state index < -0.39 is 0 Å². The van der Waals surface area contributed by atoms with Crippen molar-refractivity contribution in [2.75, 3.05) is 6.61 Å². The van der Waals surface area contributed by atoms with Gasteiger partial charge in [0.2, 0.25) is 0 Å². The van der Waals surface area contributed by atoms with Crippen LogP contribution in [0, 0.1) is 0 Å². The van der Waals surface area contributed by atoms with Gasteiger partial charge in [-0.25, -0.2) is 4.98 Å². The van der Waals surface area contributed by atoms with Crippen LogP contribution >= 0.6 is 23.3 Å². The molecular weight excluding hydrogens is 392 g/mol. The van der Waals surface area contributed by atoms with Crippen molar-refractivity contribution in [3.8, 4) is 11.4 Å². The minimum absolute atomic E-state index is 0.194. The van der Waals surface area contributed by atoms with Crippen LogP contribution in [0.4, 0.5) is 0 Å². The molecule has 1 N–H and O–H groups in total. The minimum Gasteiger partial charge on any atom is -0.376 e. The molecule has 1 aromatic carbocycles. The Morgan fingerprint density at radius 1 is 1.32 bits per heavy atom. The van der Waals surface area contributed by atoms with Gasteiger partial charge in [-0.15, -0.1) is 10.2 Å². The molecule has 0 radical (unpaired) electrons. The maximum absolute atomic E-state index is 5.89. The predicted octanol–water partition coefficient (Wildman–Crippen LogP) is 4.17. The van der Waals surface area contributed by atoms with Gasteiger partial charge in [-0.3, -0.25) is 4.57 Å². The lowest BCUT2D eigenvalue weighted by Crippen LogP contribution is -2.16. The second-order valence-electron chi connectivity index (χ2n) is 6.73. The number of aryl methyl sites for hydroxylation is 1. The minimum atomic E-state index is 0.194. The van der Waals surface area contributed by atoms with Crippen LogP contribution in [0.1, 0.15) is 25.6 Å². The third-order valence-electron chi connectivity index (χ3n) is 4.90. The maximum Gasteiger partial charge on any atom is 0.198 e. The molecule has 7 nitrogen and oxygen atoms in total.